The highest BCUT2D eigenvalue weighted by molar-refractivity contribution is 9.11. The number of halogens is 2. The molecule has 0 atom stereocenters. The molecule has 0 fully saturated rings. The summed E-state index contributed by atoms with van der Waals surface area (Å²) >= 11 is 6.96. The van der Waals surface area contributed by atoms with Gasteiger partial charge in [-0.3, -0.25) is 4.79 Å². The van der Waals surface area contributed by atoms with E-state index in [2.05, 4.69) is 42.5 Å². The van der Waals surface area contributed by atoms with Gasteiger partial charge in [0, 0.05) is 13.1 Å². The molecule has 1 aromatic carbocycles. The molecule has 0 aliphatic rings. The molecule has 0 bridgehead atoms. The Morgan fingerprint density at radius 3 is 2.33 bits per heavy atom. The van der Waals surface area contributed by atoms with Gasteiger partial charge >= 0.3 is 12.0 Å². The van der Waals surface area contributed by atoms with Crippen molar-refractivity contribution in [3.8, 4) is 11.8 Å². The lowest BCUT2D eigenvalue weighted by Gasteiger charge is -2.19. The standard InChI is InChI=1S/C18H23Br2N3O4/c1-18(2,3)27-17(25)23-7-5-12-9-13(19)16(14(20)10-12)26-8-4-6-22-15(24)11-21/h9-10H,4-8H2,1-3H3,(H,22,24)(H,23,25). The van der Waals surface area contributed by atoms with Crippen LogP contribution in [0.4, 0.5) is 4.79 Å². The van der Waals surface area contributed by atoms with E-state index in [1.165, 1.54) is 6.07 Å². The van der Waals surface area contributed by atoms with Gasteiger partial charge in [0.25, 0.3) is 0 Å². The maximum Gasteiger partial charge on any atom is 0.407 e. The highest BCUT2D eigenvalue weighted by Crippen LogP contribution is 2.35. The van der Waals surface area contributed by atoms with Crippen LogP contribution in [0.15, 0.2) is 21.1 Å². The molecular formula is C18H23Br2N3O4. The van der Waals surface area contributed by atoms with Gasteiger partial charge in [-0.25, -0.2) is 4.79 Å². The molecule has 2 amide bonds. The number of rotatable bonds is 8. The van der Waals surface area contributed by atoms with Gasteiger partial charge in [0.2, 0.25) is 0 Å². The number of ether oxygens (including phenoxy) is 2. The fraction of sp³-hybridized carbons (Fsp3) is 0.500. The first-order valence-corrected chi connectivity index (χ1v) is 9.96. The number of carbonyl (C=O) groups is 2. The van der Waals surface area contributed by atoms with Crippen molar-refractivity contribution in [2.75, 3.05) is 19.7 Å². The molecule has 1 rings (SSSR count). The lowest BCUT2D eigenvalue weighted by molar-refractivity contribution is -0.115. The van der Waals surface area contributed by atoms with E-state index in [1.807, 2.05) is 32.9 Å². The Labute approximate surface area is 176 Å². The van der Waals surface area contributed by atoms with E-state index in [-0.39, 0.29) is 0 Å². The van der Waals surface area contributed by atoms with E-state index in [0.29, 0.717) is 38.3 Å². The molecule has 0 radical (unpaired) electrons. The quantitative estimate of drug-likeness (QED) is 0.415. The van der Waals surface area contributed by atoms with E-state index < -0.39 is 17.6 Å². The van der Waals surface area contributed by atoms with Crippen LogP contribution in [0.3, 0.4) is 0 Å². The third-order valence-electron chi connectivity index (χ3n) is 3.09. The van der Waals surface area contributed by atoms with Gasteiger partial charge in [-0.2, -0.15) is 5.26 Å². The van der Waals surface area contributed by atoms with Crippen molar-refractivity contribution in [2.24, 2.45) is 0 Å². The summed E-state index contributed by atoms with van der Waals surface area (Å²) in [6.45, 7) is 6.66. The van der Waals surface area contributed by atoms with Crippen molar-refractivity contribution in [1.82, 2.24) is 10.6 Å². The largest absolute Gasteiger partial charge is 0.491 e. The van der Waals surface area contributed by atoms with Crippen LogP contribution >= 0.6 is 31.9 Å². The van der Waals surface area contributed by atoms with Gasteiger partial charge in [0.05, 0.1) is 15.6 Å². The van der Waals surface area contributed by atoms with Crippen molar-refractivity contribution >= 4 is 43.9 Å². The number of hydrogen-bond donors (Lipinski definition) is 2. The van der Waals surface area contributed by atoms with Gasteiger partial charge in [0.1, 0.15) is 11.4 Å². The molecule has 7 nitrogen and oxygen atoms in total. The van der Waals surface area contributed by atoms with Crippen LogP contribution in [-0.2, 0) is 16.0 Å². The van der Waals surface area contributed by atoms with Crippen molar-refractivity contribution in [3.05, 3.63) is 26.6 Å². The molecule has 148 valence electrons. The number of hydrogen-bond acceptors (Lipinski definition) is 5. The molecule has 0 unspecified atom stereocenters. The number of benzene rings is 1. The van der Waals surface area contributed by atoms with Crippen molar-refractivity contribution in [2.45, 2.75) is 39.2 Å². The Bertz CT molecular complexity index is 689. The molecule has 0 heterocycles. The number of nitrogens with zero attached hydrogens (tertiary/aromatic N) is 1. The van der Waals surface area contributed by atoms with Crippen LogP contribution in [0.2, 0.25) is 0 Å². The highest BCUT2D eigenvalue weighted by Gasteiger charge is 2.16. The number of amides is 2. The topological polar surface area (TPSA) is 100 Å². The molecule has 0 saturated carbocycles. The second-order valence-electron chi connectivity index (χ2n) is 6.64. The number of nitrogens with one attached hydrogen (secondary N) is 2. The maximum absolute atomic E-state index is 11.7. The summed E-state index contributed by atoms with van der Waals surface area (Å²) in [5.74, 6) is 0.00664. The number of carbonyl (C=O) groups excluding carboxylic acids is 2. The molecule has 0 aromatic heterocycles. The summed E-state index contributed by atoms with van der Waals surface area (Å²) in [5, 5.41) is 13.6. The first-order valence-electron chi connectivity index (χ1n) is 8.38. The molecule has 0 aliphatic heterocycles. The van der Waals surface area contributed by atoms with Crippen molar-refractivity contribution < 1.29 is 19.1 Å². The van der Waals surface area contributed by atoms with E-state index >= 15 is 0 Å². The van der Waals surface area contributed by atoms with Crippen LogP contribution in [0.25, 0.3) is 0 Å². The zero-order chi connectivity index (χ0) is 20.4. The molecule has 27 heavy (non-hydrogen) atoms. The van der Waals surface area contributed by atoms with Crippen LogP contribution in [-0.4, -0.2) is 37.3 Å². The van der Waals surface area contributed by atoms with E-state index in [0.717, 1.165) is 14.5 Å². The Morgan fingerprint density at radius 1 is 1.15 bits per heavy atom. The van der Waals surface area contributed by atoms with Crippen LogP contribution < -0.4 is 15.4 Å². The smallest absolute Gasteiger partial charge is 0.407 e. The van der Waals surface area contributed by atoms with E-state index in [1.54, 1.807) is 0 Å². The predicted molar refractivity (Wildman–Crippen MR) is 109 cm³/mol. The Morgan fingerprint density at radius 2 is 1.78 bits per heavy atom. The Balaban J connectivity index is 2.47. The normalized spacial score (nSPS) is 10.7. The maximum atomic E-state index is 11.7. The molecule has 0 saturated heterocycles. The van der Waals surface area contributed by atoms with Crippen LogP contribution in [0.1, 0.15) is 32.8 Å². The highest BCUT2D eigenvalue weighted by atomic mass is 79.9. The van der Waals surface area contributed by atoms with Gasteiger partial charge in [0.15, 0.2) is 6.07 Å². The van der Waals surface area contributed by atoms with E-state index in [4.69, 9.17) is 14.7 Å². The van der Waals surface area contributed by atoms with E-state index in [9.17, 15) is 9.59 Å². The summed E-state index contributed by atoms with van der Waals surface area (Å²) in [5.41, 5.74) is 0.491. The third-order valence-corrected chi connectivity index (χ3v) is 4.27. The molecule has 0 aliphatic carbocycles. The number of nitriles is 1. The predicted octanol–water partition coefficient (Wildman–Crippen LogP) is 3.69. The average Bonchev–Trinajstić information content (AvgIpc) is 2.54. The average molecular weight is 505 g/mol. The van der Waals surface area contributed by atoms with Gasteiger partial charge in [-0.15, -0.1) is 0 Å². The summed E-state index contributed by atoms with van der Waals surface area (Å²) in [6, 6.07) is 5.34. The monoisotopic (exact) mass is 503 g/mol. The van der Waals surface area contributed by atoms with Crippen LogP contribution in [0.5, 0.6) is 5.75 Å². The molecule has 9 heteroatoms. The first-order chi connectivity index (χ1) is 12.6. The summed E-state index contributed by atoms with van der Waals surface area (Å²) in [4.78, 5) is 22.5. The zero-order valence-electron chi connectivity index (χ0n) is 15.5. The summed E-state index contributed by atoms with van der Waals surface area (Å²) < 4.78 is 12.5. The Hall–Kier alpha value is -1.79. The molecule has 2 N–H and O–H groups in total. The SMILES string of the molecule is CC(C)(C)OC(=O)NCCc1cc(Br)c(OCCCNC(=O)C#N)c(Br)c1. The molecule has 0 spiro atoms. The van der Waals surface area contributed by atoms with Crippen LogP contribution in [0, 0.1) is 11.3 Å². The molecule has 1 aromatic rings. The Kier molecular flexibility index (Phi) is 9.60. The third kappa shape index (κ3) is 9.63. The fourth-order valence-corrected chi connectivity index (χ4v) is 3.52. The first kappa shape index (κ1) is 23.2. The minimum atomic E-state index is -0.651. The summed E-state index contributed by atoms with van der Waals surface area (Å²) in [6.07, 6.45) is 0.772. The van der Waals surface area contributed by atoms with Crippen molar-refractivity contribution in [3.63, 3.8) is 0 Å². The van der Waals surface area contributed by atoms with Gasteiger partial charge in [-0.05, 0) is 83.2 Å². The minimum absolute atomic E-state index is 0.371. The summed E-state index contributed by atoms with van der Waals surface area (Å²) in [7, 11) is 0. The van der Waals surface area contributed by atoms with Crippen molar-refractivity contribution in [1.29, 1.82) is 5.26 Å². The molecular weight excluding hydrogens is 482 g/mol. The van der Waals surface area contributed by atoms with Gasteiger partial charge < -0.3 is 20.1 Å². The fourth-order valence-electron chi connectivity index (χ4n) is 2.01. The second kappa shape index (κ2) is 11.1. The lowest BCUT2D eigenvalue weighted by atomic mass is 10.1. The second-order valence-corrected chi connectivity index (χ2v) is 8.35. The zero-order valence-corrected chi connectivity index (χ0v) is 18.7. The number of alkyl carbamates (subject to hydrolysis) is 1. The minimum Gasteiger partial charge on any atom is -0.491 e. The van der Waals surface area contributed by atoms with Gasteiger partial charge in [-0.1, -0.05) is 0 Å². The lowest BCUT2D eigenvalue weighted by Crippen LogP contribution is -2.33.